The topological polar surface area (TPSA) is 74.1 Å². The predicted molar refractivity (Wildman–Crippen MR) is 216 cm³/mol. The van der Waals surface area contributed by atoms with Crippen molar-refractivity contribution in [2.75, 3.05) is 52.5 Å². The number of benzene rings is 3. The molecule has 0 fully saturated rings. The smallest absolute Gasteiger partial charge is 0.150 e. The van der Waals surface area contributed by atoms with Gasteiger partial charge in [0.15, 0.2) is 5.75 Å². The summed E-state index contributed by atoms with van der Waals surface area (Å²) in [6.07, 6.45) is 5.51. The molecular formula is C43H55ClFN5O4. The predicted octanol–water partition coefficient (Wildman–Crippen LogP) is 10.3. The van der Waals surface area contributed by atoms with Crippen molar-refractivity contribution in [3.63, 3.8) is 0 Å². The Labute approximate surface area is 325 Å². The van der Waals surface area contributed by atoms with Gasteiger partial charge in [-0.3, -0.25) is 4.98 Å². The Balaban J connectivity index is 1.55. The van der Waals surface area contributed by atoms with Crippen molar-refractivity contribution in [2.45, 2.75) is 73.5 Å². The maximum absolute atomic E-state index is 14.3. The molecule has 290 valence electrons. The van der Waals surface area contributed by atoms with Gasteiger partial charge in [0, 0.05) is 50.1 Å². The molecule has 0 aliphatic carbocycles. The molecule has 0 N–H and O–H groups in total. The van der Waals surface area contributed by atoms with Gasteiger partial charge >= 0.3 is 0 Å². The Hall–Kier alpha value is -4.38. The molecule has 9 nitrogen and oxygen atoms in total. The van der Waals surface area contributed by atoms with Gasteiger partial charge in [-0.05, 0) is 81.8 Å². The van der Waals surface area contributed by atoms with Gasteiger partial charge in [0.25, 0.3) is 0 Å². The van der Waals surface area contributed by atoms with Crippen LogP contribution in [-0.2, 0) is 13.2 Å². The normalized spacial score (nSPS) is 11.5. The Kier molecular flexibility index (Phi) is 15.8. The monoisotopic (exact) mass is 759 g/mol. The summed E-state index contributed by atoms with van der Waals surface area (Å²) in [5.74, 6) is 2.99. The van der Waals surface area contributed by atoms with Crippen LogP contribution in [0.25, 0.3) is 22.4 Å². The van der Waals surface area contributed by atoms with Gasteiger partial charge < -0.3 is 33.3 Å². The highest BCUT2D eigenvalue weighted by molar-refractivity contribution is 6.30. The maximum atomic E-state index is 14.3. The molecule has 0 aliphatic rings. The van der Waals surface area contributed by atoms with Gasteiger partial charge in [-0.2, -0.15) is 0 Å². The zero-order chi connectivity index (χ0) is 38.3. The van der Waals surface area contributed by atoms with E-state index < -0.39 is 5.82 Å². The highest BCUT2D eigenvalue weighted by atomic mass is 35.5. The first-order valence-electron chi connectivity index (χ1n) is 19.4. The van der Waals surface area contributed by atoms with Crippen LogP contribution in [0, 0.1) is 5.82 Å². The highest BCUT2D eigenvalue weighted by Crippen LogP contribution is 2.40. The summed E-state index contributed by atoms with van der Waals surface area (Å²) in [6.45, 7) is 19.1. The average Bonchev–Trinajstić information content (AvgIpc) is 3.56. The second-order valence-electron chi connectivity index (χ2n) is 13.1. The summed E-state index contributed by atoms with van der Waals surface area (Å²) < 4.78 is 42.0. The maximum Gasteiger partial charge on any atom is 0.150 e. The largest absolute Gasteiger partial charge is 0.493 e. The van der Waals surface area contributed by atoms with Crippen molar-refractivity contribution >= 4 is 22.6 Å². The van der Waals surface area contributed by atoms with Crippen LogP contribution < -0.4 is 18.9 Å². The Bertz CT molecular complexity index is 1900. The quantitative estimate of drug-likeness (QED) is 0.0610. The minimum Gasteiger partial charge on any atom is -0.493 e. The van der Waals surface area contributed by atoms with Crippen LogP contribution in [0.5, 0.6) is 28.7 Å². The van der Waals surface area contributed by atoms with Crippen molar-refractivity contribution in [1.29, 1.82) is 0 Å². The first-order valence-corrected chi connectivity index (χ1v) is 19.8. The molecule has 0 unspecified atom stereocenters. The molecule has 5 aromatic rings. The van der Waals surface area contributed by atoms with Crippen molar-refractivity contribution in [2.24, 2.45) is 0 Å². The van der Waals surface area contributed by atoms with Gasteiger partial charge in [-0.1, -0.05) is 58.7 Å². The van der Waals surface area contributed by atoms with Crippen molar-refractivity contribution in [1.82, 2.24) is 24.3 Å². The standard InChI is InChI=1S/C43H55ClFN5O4/c1-6-11-24-50-39-28-35(51-25-14-22-48(7-2)8-3)30-41(52-26-15-23-49(9-4)10-5)42(39)47-43(50)36-19-17-34(54-33-18-20-37(44)38(45)27-33)29-40(36)53-31-32-16-12-13-21-46-32/h12-13,16-21,27-30H,6-11,14-15,22-26,31H2,1-5H3. The lowest BCUT2D eigenvalue weighted by Crippen LogP contribution is -2.25. The summed E-state index contributed by atoms with van der Waals surface area (Å²) in [6, 6.07) is 19.7. The second-order valence-corrected chi connectivity index (χ2v) is 13.5. The number of aromatic nitrogens is 3. The SMILES string of the molecule is CCCCn1c(-c2ccc(Oc3ccc(Cl)c(F)c3)cc2OCc2ccccn2)nc2c(OCCCN(CC)CC)cc(OCCCN(CC)CC)cc21. The van der Waals surface area contributed by atoms with E-state index in [1.807, 2.05) is 42.5 Å². The summed E-state index contributed by atoms with van der Waals surface area (Å²) in [5, 5.41) is 0.0310. The number of rotatable bonds is 23. The van der Waals surface area contributed by atoms with Crippen LogP contribution in [-0.4, -0.2) is 76.8 Å². The van der Waals surface area contributed by atoms with E-state index in [1.165, 1.54) is 12.1 Å². The van der Waals surface area contributed by atoms with Crippen molar-refractivity contribution in [3.05, 3.63) is 89.5 Å². The number of ether oxygens (including phenoxy) is 4. The van der Waals surface area contributed by atoms with E-state index in [2.05, 4.69) is 60.0 Å². The van der Waals surface area contributed by atoms with Crippen LogP contribution in [0.2, 0.25) is 5.02 Å². The molecular weight excluding hydrogens is 705 g/mol. The van der Waals surface area contributed by atoms with Gasteiger partial charge in [0.2, 0.25) is 0 Å². The molecule has 2 heterocycles. The molecule has 11 heteroatoms. The lowest BCUT2D eigenvalue weighted by Gasteiger charge is -2.18. The molecule has 0 radical (unpaired) electrons. The van der Waals surface area contributed by atoms with Gasteiger partial charge in [-0.25, -0.2) is 9.37 Å². The number of fused-ring (bicyclic) bond motifs is 1. The first-order chi connectivity index (χ1) is 26.4. The summed E-state index contributed by atoms with van der Waals surface area (Å²) in [7, 11) is 0. The molecule has 0 bridgehead atoms. The number of hydrogen-bond donors (Lipinski definition) is 0. The van der Waals surface area contributed by atoms with Crippen LogP contribution in [0.1, 0.15) is 66.0 Å². The third-order valence-electron chi connectivity index (χ3n) is 9.50. The molecule has 0 aliphatic heterocycles. The van der Waals surface area contributed by atoms with Gasteiger partial charge in [0.05, 0.1) is 35.0 Å². The van der Waals surface area contributed by atoms with Gasteiger partial charge in [0.1, 0.15) is 46.8 Å². The van der Waals surface area contributed by atoms with Crippen LogP contribution in [0.4, 0.5) is 4.39 Å². The van der Waals surface area contributed by atoms with E-state index in [1.54, 1.807) is 12.3 Å². The molecule has 0 spiro atoms. The van der Waals surface area contributed by atoms with Crippen LogP contribution in [0.15, 0.2) is 72.9 Å². The van der Waals surface area contributed by atoms with E-state index >= 15 is 0 Å². The number of imidazole rings is 1. The Morgan fingerprint density at radius 3 is 2.07 bits per heavy atom. The lowest BCUT2D eigenvalue weighted by atomic mass is 10.1. The Morgan fingerprint density at radius 2 is 1.41 bits per heavy atom. The third kappa shape index (κ3) is 11.1. The number of halogens is 2. The third-order valence-corrected chi connectivity index (χ3v) is 9.81. The fourth-order valence-electron chi connectivity index (χ4n) is 6.32. The molecule has 54 heavy (non-hydrogen) atoms. The summed E-state index contributed by atoms with van der Waals surface area (Å²) in [5.41, 5.74) is 3.26. The number of hydrogen-bond acceptors (Lipinski definition) is 8. The lowest BCUT2D eigenvalue weighted by molar-refractivity contribution is 0.243. The molecule has 0 saturated heterocycles. The van der Waals surface area contributed by atoms with Crippen LogP contribution in [0.3, 0.4) is 0 Å². The average molecular weight is 760 g/mol. The molecule has 5 rings (SSSR count). The highest BCUT2D eigenvalue weighted by Gasteiger charge is 2.22. The molecule has 2 aromatic heterocycles. The zero-order valence-electron chi connectivity index (χ0n) is 32.5. The van der Waals surface area contributed by atoms with E-state index in [0.717, 1.165) is 105 Å². The molecule has 3 aromatic carbocycles. The Morgan fingerprint density at radius 1 is 0.722 bits per heavy atom. The van der Waals surface area contributed by atoms with E-state index in [4.69, 9.17) is 35.5 Å². The van der Waals surface area contributed by atoms with E-state index in [-0.39, 0.29) is 11.6 Å². The summed E-state index contributed by atoms with van der Waals surface area (Å²) in [4.78, 5) is 14.5. The van der Waals surface area contributed by atoms with Gasteiger partial charge in [-0.15, -0.1) is 0 Å². The number of unbranched alkanes of at least 4 members (excludes halogenated alkanes) is 1. The first kappa shape index (κ1) is 40.8. The minimum atomic E-state index is -0.555. The minimum absolute atomic E-state index is 0.0310. The second kappa shape index (κ2) is 20.9. The summed E-state index contributed by atoms with van der Waals surface area (Å²) >= 11 is 5.93. The van der Waals surface area contributed by atoms with Crippen molar-refractivity contribution < 1.29 is 23.3 Å². The fourth-order valence-corrected chi connectivity index (χ4v) is 6.44. The number of aryl methyl sites for hydroxylation is 1. The number of pyridine rings is 1. The molecule has 0 atom stereocenters. The number of nitrogens with zero attached hydrogens (tertiary/aromatic N) is 5. The van der Waals surface area contributed by atoms with E-state index in [9.17, 15) is 4.39 Å². The van der Waals surface area contributed by atoms with Crippen LogP contribution >= 0.6 is 11.6 Å². The van der Waals surface area contributed by atoms with E-state index in [0.29, 0.717) is 36.2 Å². The zero-order valence-corrected chi connectivity index (χ0v) is 33.2. The van der Waals surface area contributed by atoms with Crippen molar-refractivity contribution in [3.8, 4) is 40.1 Å². The molecule has 0 amide bonds. The fraction of sp³-hybridized carbons (Fsp3) is 0.442. The molecule has 0 saturated carbocycles.